The summed E-state index contributed by atoms with van der Waals surface area (Å²) < 4.78 is 4.13. The van der Waals surface area contributed by atoms with E-state index in [1.54, 1.807) is 11.8 Å². The maximum Gasteiger partial charge on any atom is 0.153 e. The Morgan fingerprint density at radius 2 is 2.29 bits per heavy atom. The Labute approximate surface area is 109 Å². The fourth-order valence-electron chi connectivity index (χ4n) is 1.39. The number of anilines is 2. The van der Waals surface area contributed by atoms with Gasteiger partial charge in [-0.25, -0.2) is 0 Å². The molecule has 0 spiro atoms. The molecule has 0 fully saturated rings. The molecule has 2 rings (SSSR count). The number of rotatable bonds is 4. The monoisotopic (exact) mass is 266 g/mol. The molecule has 0 bridgehead atoms. The van der Waals surface area contributed by atoms with Gasteiger partial charge in [0.1, 0.15) is 5.00 Å². The lowest BCUT2D eigenvalue weighted by molar-refractivity contribution is 1.09. The number of thioether (sulfide) groups is 1. The van der Waals surface area contributed by atoms with Gasteiger partial charge in [-0.15, -0.1) is 11.8 Å². The van der Waals surface area contributed by atoms with Crippen molar-refractivity contribution in [3.05, 3.63) is 29.6 Å². The zero-order valence-corrected chi connectivity index (χ0v) is 11.4. The number of nitrogen functional groups attached to an aromatic ring is 1. The number of aromatic nitrogens is 2. The minimum Gasteiger partial charge on any atom is -0.382 e. The van der Waals surface area contributed by atoms with Crippen molar-refractivity contribution in [1.29, 1.82) is 0 Å². The minimum absolute atomic E-state index is 0.604. The molecule has 0 aliphatic rings. The molecule has 2 heterocycles. The Morgan fingerprint density at radius 1 is 1.47 bits per heavy atom. The number of nitrogens with two attached hydrogens (primary N) is 1. The highest BCUT2D eigenvalue weighted by Crippen LogP contribution is 2.34. The van der Waals surface area contributed by atoms with Gasteiger partial charge in [0.25, 0.3) is 0 Å². The second kappa shape index (κ2) is 5.37. The molecule has 0 aliphatic heterocycles. The molecule has 6 heteroatoms. The van der Waals surface area contributed by atoms with E-state index in [1.165, 1.54) is 11.5 Å². The van der Waals surface area contributed by atoms with E-state index in [0.29, 0.717) is 5.82 Å². The molecule has 0 saturated heterocycles. The maximum atomic E-state index is 5.77. The lowest BCUT2D eigenvalue weighted by Gasteiger charge is -2.05. The van der Waals surface area contributed by atoms with Gasteiger partial charge in [0.15, 0.2) is 5.82 Å². The van der Waals surface area contributed by atoms with Crippen LogP contribution in [0.3, 0.4) is 0 Å². The summed E-state index contributed by atoms with van der Waals surface area (Å²) in [5.41, 5.74) is 7.94. The van der Waals surface area contributed by atoms with Crippen molar-refractivity contribution in [2.75, 3.05) is 17.3 Å². The van der Waals surface area contributed by atoms with E-state index in [-0.39, 0.29) is 0 Å². The van der Waals surface area contributed by atoms with Crippen LogP contribution in [0.25, 0.3) is 0 Å². The van der Waals surface area contributed by atoms with E-state index in [0.717, 1.165) is 27.7 Å². The molecule has 0 saturated carbocycles. The Morgan fingerprint density at radius 3 is 2.94 bits per heavy atom. The van der Waals surface area contributed by atoms with Crippen LogP contribution in [0.15, 0.2) is 23.2 Å². The largest absolute Gasteiger partial charge is 0.382 e. The molecular weight excluding hydrogens is 252 g/mol. The first kappa shape index (κ1) is 12.2. The number of aryl methyl sites for hydroxylation is 1. The lowest BCUT2D eigenvalue weighted by atomic mass is 10.2. The first-order chi connectivity index (χ1) is 8.20. The van der Waals surface area contributed by atoms with Crippen LogP contribution in [0.4, 0.5) is 10.8 Å². The fourth-order valence-corrected chi connectivity index (χ4v) is 2.93. The van der Waals surface area contributed by atoms with Crippen molar-refractivity contribution in [1.82, 2.24) is 9.36 Å². The van der Waals surface area contributed by atoms with Crippen LogP contribution >= 0.6 is 23.3 Å². The quantitative estimate of drug-likeness (QED) is 0.833. The van der Waals surface area contributed by atoms with E-state index in [1.807, 2.05) is 25.4 Å². The molecular formula is C11H14N4S2. The maximum absolute atomic E-state index is 5.77. The molecule has 0 amide bonds. The van der Waals surface area contributed by atoms with E-state index in [2.05, 4.69) is 20.7 Å². The highest BCUT2D eigenvalue weighted by atomic mass is 32.2. The van der Waals surface area contributed by atoms with Crippen molar-refractivity contribution in [2.24, 2.45) is 0 Å². The topological polar surface area (TPSA) is 63.8 Å². The summed E-state index contributed by atoms with van der Waals surface area (Å²) in [6.45, 7) is 2.72. The molecule has 90 valence electrons. The van der Waals surface area contributed by atoms with E-state index >= 15 is 0 Å². The zero-order chi connectivity index (χ0) is 12.3. The van der Waals surface area contributed by atoms with Crippen LogP contribution in [0, 0.1) is 6.92 Å². The van der Waals surface area contributed by atoms with E-state index in [4.69, 9.17) is 5.73 Å². The van der Waals surface area contributed by atoms with Crippen molar-refractivity contribution in [2.45, 2.75) is 18.4 Å². The number of nitrogens with zero attached hydrogens (tertiary/aromatic N) is 2. The van der Waals surface area contributed by atoms with Gasteiger partial charge >= 0.3 is 0 Å². The number of pyridine rings is 1. The standard InChI is InChI=1S/C11H14N4S2/c1-7-3-4-8(5-13-7)6-14-11-9(16-2)10(12)15-17-11/h3-5,14H,6H2,1-2H3,(H2,12,15). The van der Waals surface area contributed by atoms with E-state index in [9.17, 15) is 0 Å². The first-order valence-corrected chi connectivity index (χ1v) is 7.15. The molecule has 0 aliphatic carbocycles. The minimum atomic E-state index is 0.604. The van der Waals surface area contributed by atoms with Crippen molar-refractivity contribution in [3.8, 4) is 0 Å². The molecule has 3 N–H and O–H groups in total. The SMILES string of the molecule is CSc1c(N)nsc1NCc1ccc(C)nc1. The van der Waals surface area contributed by atoms with Gasteiger partial charge in [-0.3, -0.25) is 4.98 Å². The number of nitrogens with one attached hydrogen (secondary N) is 1. The normalized spacial score (nSPS) is 10.5. The summed E-state index contributed by atoms with van der Waals surface area (Å²) in [6.07, 6.45) is 3.88. The summed E-state index contributed by atoms with van der Waals surface area (Å²) in [7, 11) is 0. The van der Waals surface area contributed by atoms with Gasteiger partial charge in [-0.05, 0) is 36.3 Å². The van der Waals surface area contributed by atoms with Crippen LogP contribution in [0.1, 0.15) is 11.3 Å². The second-order valence-corrected chi connectivity index (χ2v) is 5.18. The summed E-state index contributed by atoms with van der Waals surface area (Å²) in [6, 6.07) is 4.08. The molecule has 2 aromatic heterocycles. The van der Waals surface area contributed by atoms with Gasteiger partial charge in [0.05, 0.1) is 4.90 Å². The smallest absolute Gasteiger partial charge is 0.153 e. The second-order valence-electron chi connectivity index (χ2n) is 3.59. The summed E-state index contributed by atoms with van der Waals surface area (Å²) >= 11 is 3.01. The molecule has 0 aromatic carbocycles. The lowest BCUT2D eigenvalue weighted by Crippen LogP contribution is -1.99. The Bertz CT molecular complexity index is 493. The van der Waals surface area contributed by atoms with Gasteiger partial charge in [0.2, 0.25) is 0 Å². The summed E-state index contributed by atoms with van der Waals surface area (Å²) in [5.74, 6) is 0.604. The third-order valence-electron chi connectivity index (χ3n) is 2.30. The summed E-state index contributed by atoms with van der Waals surface area (Å²) in [4.78, 5) is 5.28. The molecule has 0 atom stereocenters. The van der Waals surface area contributed by atoms with Crippen LogP contribution in [0.2, 0.25) is 0 Å². The average Bonchev–Trinajstić information content (AvgIpc) is 2.69. The van der Waals surface area contributed by atoms with Crippen molar-refractivity contribution < 1.29 is 0 Å². The Balaban J connectivity index is 2.04. The predicted octanol–water partition coefficient (Wildman–Crippen LogP) is 2.76. The van der Waals surface area contributed by atoms with Gasteiger partial charge < -0.3 is 11.1 Å². The molecule has 4 nitrogen and oxygen atoms in total. The molecule has 0 radical (unpaired) electrons. The van der Waals surface area contributed by atoms with Crippen molar-refractivity contribution >= 4 is 34.1 Å². The van der Waals surface area contributed by atoms with Crippen LogP contribution in [-0.4, -0.2) is 15.6 Å². The highest BCUT2D eigenvalue weighted by Gasteiger charge is 2.09. The fraction of sp³-hybridized carbons (Fsp3) is 0.273. The zero-order valence-electron chi connectivity index (χ0n) is 9.73. The van der Waals surface area contributed by atoms with Gasteiger partial charge in [-0.1, -0.05) is 6.07 Å². The molecule has 17 heavy (non-hydrogen) atoms. The van der Waals surface area contributed by atoms with Crippen LogP contribution < -0.4 is 11.1 Å². The van der Waals surface area contributed by atoms with E-state index < -0.39 is 0 Å². The van der Waals surface area contributed by atoms with Crippen LogP contribution in [0.5, 0.6) is 0 Å². The molecule has 2 aromatic rings. The first-order valence-electron chi connectivity index (χ1n) is 5.15. The predicted molar refractivity (Wildman–Crippen MR) is 74.6 cm³/mol. The highest BCUT2D eigenvalue weighted by molar-refractivity contribution is 7.99. The third kappa shape index (κ3) is 2.89. The van der Waals surface area contributed by atoms with Gasteiger partial charge in [0, 0.05) is 18.4 Å². The van der Waals surface area contributed by atoms with Gasteiger partial charge in [-0.2, -0.15) is 4.37 Å². The number of hydrogen-bond acceptors (Lipinski definition) is 6. The Kier molecular flexibility index (Phi) is 3.86. The van der Waals surface area contributed by atoms with Crippen LogP contribution in [-0.2, 0) is 6.54 Å². The molecule has 0 unspecified atom stereocenters. The number of hydrogen-bond donors (Lipinski definition) is 2. The third-order valence-corrected chi connectivity index (χ3v) is 4.07. The van der Waals surface area contributed by atoms with Crippen molar-refractivity contribution in [3.63, 3.8) is 0 Å². The Hall–Kier alpha value is -1.27. The average molecular weight is 266 g/mol. The summed E-state index contributed by atoms with van der Waals surface area (Å²) in [5, 5.41) is 4.36.